The Hall–Kier alpha value is -1.44. The van der Waals surface area contributed by atoms with Crippen molar-refractivity contribution in [2.24, 2.45) is 0 Å². The van der Waals surface area contributed by atoms with Gasteiger partial charge in [0.2, 0.25) is 0 Å². The summed E-state index contributed by atoms with van der Waals surface area (Å²) in [7, 11) is 1.56. The van der Waals surface area contributed by atoms with Crippen LogP contribution >= 0.6 is 11.3 Å². The number of ether oxygens (including phenoxy) is 2. The van der Waals surface area contributed by atoms with Gasteiger partial charge in [-0.15, -0.1) is 11.3 Å². The second-order valence-corrected chi connectivity index (χ2v) is 9.52. The minimum absolute atomic E-state index is 0.0276. The number of carbonyl (C=O) groups excluding carboxylic acids is 2. The van der Waals surface area contributed by atoms with E-state index in [0.29, 0.717) is 19.7 Å². The molecule has 1 saturated heterocycles. The number of methoxy groups -OCH3 is 1. The SMILES string of the molecule is COC(C)C(=O)N1CCC2(CC1)OCCc1cc(C(=O)NC(C)(C)C)sc12. The van der Waals surface area contributed by atoms with Crippen LogP contribution in [0.5, 0.6) is 0 Å². The van der Waals surface area contributed by atoms with Crippen LogP contribution in [0.1, 0.15) is 60.6 Å². The normalized spacial score (nSPS) is 20.3. The van der Waals surface area contributed by atoms with Gasteiger partial charge in [0.15, 0.2) is 0 Å². The van der Waals surface area contributed by atoms with Gasteiger partial charge < -0.3 is 19.7 Å². The van der Waals surface area contributed by atoms with Crippen LogP contribution in [0.15, 0.2) is 6.07 Å². The van der Waals surface area contributed by atoms with E-state index in [1.165, 1.54) is 10.4 Å². The van der Waals surface area contributed by atoms with Crippen LogP contribution in [0.2, 0.25) is 0 Å². The molecule has 1 atom stereocenters. The Labute approximate surface area is 165 Å². The van der Waals surface area contributed by atoms with E-state index in [9.17, 15) is 9.59 Å². The molecule has 1 aromatic rings. The van der Waals surface area contributed by atoms with Gasteiger partial charge >= 0.3 is 0 Å². The Morgan fingerprint density at radius 2 is 2.00 bits per heavy atom. The largest absolute Gasteiger partial charge is 0.372 e. The monoisotopic (exact) mass is 394 g/mol. The smallest absolute Gasteiger partial charge is 0.261 e. The summed E-state index contributed by atoms with van der Waals surface area (Å²) in [6.07, 6.45) is 1.92. The predicted molar refractivity (Wildman–Crippen MR) is 105 cm³/mol. The molecule has 0 bridgehead atoms. The van der Waals surface area contributed by atoms with Gasteiger partial charge in [-0.05, 0) is 58.6 Å². The highest BCUT2D eigenvalue weighted by molar-refractivity contribution is 7.14. The summed E-state index contributed by atoms with van der Waals surface area (Å²) in [5.74, 6) is -0.00149. The third-order valence-corrected chi connectivity index (χ3v) is 6.63. The minimum atomic E-state index is -0.420. The zero-order chi connectivity index (χ0) is 19.8. The Morgan fingerprint density at radius 3 is 2.59 bits per heavy atom. The molecule has 150 valence electrons. The van der Waals surface area contributed by atoms with Gasteiger partial charge in [0.1, 0.15) is 11.7 Å². The molecule has 7 heteroatoms. The Morgan fingerprint density at radius 1 is 1.33 bits per heavy atom. The highest BCUT2D eigenvalue weighted by Gasteiger charge is 2.44. The lowest BCUT2D eigenvalue weighted by molar-refractivity contribution is -0.149. The van der Waals surface area contributed by atoms with E-state index >= 15 is 0 Å². The maximum absolute atomic E-state index is 12.6. The number of likely N-dealkylation sites (tertiary alicyclic amines) is 1. The summed E-state index contributed by atoms with van der Waals surface area (Å²) >= 11 is 1.54. The molecule has 6 nitrogen and oxygen atoms in total. The van der Waals surface area contributed by atoms with Gasteiger partial charge in [0, 0.05) is 30.6 Å². The van der Waals surface area contributed by atoms with E-state index in [-0.39, 0.29) is 23.0 Å². The molecule has 2 aliphatic heterocycles. The number of hydrogen-bond acceptors (Lipinski definition) is 5. The number of thiophene rings is 1. The first-order valence-electron chi connectivity index (χ1n) is 9.56. The maximum Gasteiger partial charge on any atom is 0.261 e. The molecule has 27 heavy (non-hydrogen) atoms. The van der Waals surface area contributed by atoms with Crippen molar-refractivity contribution in [3.8, 4) is 0 Å². The van der Waals surface area contributed by atoms with Crippen molar-refractivity contribution >= 4 is 23.2 Å². The summed E-state index contributed by atoms with van der Waals surface area (Å²) in [6.45, 7) is 9.68. The fraction of sp³-hybridized carbons (Fsp3) is 0.700. The molecule has 3 rings (SSSR count). The first-order chi connectivity index (χ1) is 12.6. The quantitative estimate of drug-likeness (QED) is 0.856. The summed E-state index contributed by atoms with van der Waals surface area (Å²) in [5, 5.41) is 3.04. The Bertz CT molecular complexity index is 714. The molecule has 1 fully saturated rings. The van der Waals surface area contributed by atoms with Crippen LogP contribution in [-0.4, -0.2) is 55.2 Å². The van der Waals surface area contributed by atoms with Gasteiger partial charge in [-0.3, -0.25) is 9.59 Å². The zero-order valence-electron chi connectivity index (χ0n) is 16.9. The summed E-state index contributed by atoms with van der Waals surface area (Å²) in [6, 6.07) is 2.02. The first kappa shape index (κ1) is 20.3. The Kier molecular flexibility index (Phi) is 5.66. The van der Waals surface area contributed by atoms with Crippen LogP contribution in [0, 0.1) is 0 Å². The molecule has 1 spiro atoms. The predicted octanol–water partition coefficient (Wildman–Crippen LogP) is 2.70. The molecule has 1 N–H and O–H groups in total. The van der Waals surface area contributed by atoms with E-state index in [0.717, 1.165) is 24.1 Å². The van der Waals surface area contributed by atoms with Gasteiger partial charge in [-0.1, -0.05) is 0 Å². The minimum Gasteiger partial charge on any atom is -0.372 e. The lowest BCUT2D eigenvalue weighted by atomic mass is 9.85. The first-order valence-corrected chi connectivity index (χ1v) is 10.4. The molecule has 1 unspecified atom stereocenters. The van der Waals surface area contributed by atoms with Crippen LogP contribution in [0.3, 0.4) is 0 Å². The standard InChI is InChI=1S/C20H30N2O4S/c1-13(25-5)18(24)22-9-7-20(8-10-22)16-14(6-11-26-20)12-15(27-16)17(23)21-19(2,3)4/h12-13H,6-11H2,1-5H3,(H,21,23). The third-order valence-electron chi connectivity index (χ3n) is 5.27. The topological polar surface area (TPSA) is 67.9 Å². The van der Waals surface area contributed by atoms with E-state index < -0.39 is 6.10 Å². The fourth-order valence-corrected chi connectivity index (χ4v) is 5.06. The number of nitrogens with zero attached hydrogens (tertiary/aromatic N) is 1. The van der Waals surface area contributed by atoms with Crippen LogP contribution < -0.4 is 5.32 Å². The van der Waals surface area contributed by atoms with Crippen LogP contribution in [0.4, 0.5) is 0 Å². The second-order valence-electron chi connectivity index (χ2n) is 8.47. The number of hydrogen-bond donors (Lipinski definition) is 1. The molecule has 2 aliphatic rings. The number of nitrogens with one attached hydrogen (secondary N) is 1. The molecule has 0 saturated carbocycles. The summed E-state index contributed by atoms with van der Waals surface area (Å²) in [4.78, 5) is 28.7. The van der Waals surface area contributed by atoms with Crippen molar-refractivity contribution in [2.75, 3.05) is 26.8 Å². The average Bonchev–Trinajstić information content (AvgIpc) is 3.06. The number of fused-ring (bicyclic) bond motifs is 2. The van der Waals surface area contributed by atoms with Crippen molar-refractivity contribution < 1.29 is 19.1 Å². The van der Waals surface area contributed by atoms with Crippen molar-refractivity contribution in [1.82, 2.24) is 10.2 Å². The highest BCUT2D eigenvalue weighted by atomic mass is 32.1. The number of piperidine rings is 1. The van der Waals surface area contributed by atoms with Crippen molar-refractivity contribution in [2.45, 2.75) is 64.2 Å². The molecular formula is C20H30N2O4S. The van der Waals surface area contributed by atoms with Crippen molar-refractivity contribution in [3.63, 3.8) is 0 Å². The zero-order valence-corrected chi connectivity index (χ0v) is 17.7. The van der Waals surface area contributed by atoms with Gasteiger partial charge in [0.05, 0.1) is 11.5 Å². The van der Waals surface area contributed by atoms with Crippen LogP contribution in [0.25, 0.3) is 0 Å². The van der Waals surface area contributed by atoms with Crippen molar-refractivity contribution in [3.05, 3.63) is 21.4 Å². The lowest BCUT2D eigenvalue weighted by Crippen LogP contribution is -2.50. The van der Waals surface area contributed by atoms with E-state index in [1.807, 2.05) is 31.7 Å². The van der Waals surface area contributed by atoms with Gasteiger partial charge in [-0.2, -0.15) is 0 Å². The molecule has 1 aromatic heterocycles. The molecule has 0 aliphatic carbocycles. The van der Waals surface area contributed by atoms with E-state index in [2.05, 4.69) is 5.32 Å². The molecule has 2 amide bonds. The Balaban J connectivity index is 1.77. The van der Waals surface area contributed by atoms with Crippen LogP contribution in [-0.2, 0) is 26.3 Å². The van der Waals surface area contributed by atoms with E-state index in [4.69, 9.17) is 9.47 Å². The second kappa shape index (κ2) is 7.53. The van der Waals surface area contributed by atoms with Crippen molar-refractivity contribution in [1.29, 1.82) is 0 Å². The fourth-order valence-electron chi connectivity index (χ4n) is 3.75. The molecule has 0 aromatic carbocycles. The molecule has 0 radical (unpaired) electrons. The summed E-state index contributed by atoms with van der Waals surface area (Å²) in [5.41, 5.74) is 0.584. The van der Waals surface area contributed by atoms with E-state index in [1.54, 1.807) is 25.4 Å². The highest BCUT2D eigenvalue weighted by Crippen LogP contribution is 2.45. The van der Waals surface area contributed by atoms with Gasteiger partial charge in [-0.25, -0.2) is 0 Å². The average molecular weight is 395 g/mol. The number of carbonyl (C=O) groups is 2. The summed E-state index contributed by atoms with van der Waals surface area (Å²) < 4.78 is 11.4. The molecular weight excluding hydrogens is 364 g/mol. The number of amides is 2. The van der Waals surface area contributed by atoms with Gasteiger partial charge in [0.25, 0.3) is 11.8 Å². The molecule has 3 heterocycles. The maximum atomic E-state index is 12.6. The lowest BCUT2D eigenvalue weighted by Gasteiger charge is -2.44. The number of rotatable bonds is 3. The third kappa shape index (κ3) is 4.20.